The molecule has 0 fully saturated rings. The average Bonchev–Trinajstić information content (AvgIpc) is 2.51. The van der Waals surface area contributed by atoms with Crippen molar-refractivity contribution in [2.75, 3.05) is 5.32 Å². The number of halogens is 3. The maximum atomic E-state index is 12.2. The maximum absolute atomic E-state index is 12.2. The predicted molar refractivity (Wildman–Crippen MR) is 101 cm³/mol. The first-order chi connectivity index (χ1) is 11.3. The third-order valence-corrected chi connectivity index (χ3v) is 4.12. The zero-order chi connectivity index (χ0) is 17.9. The number of rotatable bonds is 3. The summed E-state index contributed by atoms with van der Waals surface area (Å²) >= 11 is 20.1. The Morgan fingerprint density at radius 3 is 2.46 bits per heavy atom. The van der Waals surface area contributed by atoms with Gasteiger partial charge in [-0.05, 0) is 48.6 Å². The number of carbonyl (C=O) groups is 2. The summed E-state index contributed by atoms with van der Waals surface area (Å²) in [5.74, 6) is -1.70. The van der Waals surface area contributed by atoms with Gasteiger partial charge in [-0.3, -0.25) is 10.1 Å². The van der Waals surface area contributed by atoms with Crippen molar-refractivity contribution in [3.8, 4) is 0 Å². The molecule has 1 amide bonds. The summed E-state index contributed by atoms with van der Waals surface area (Å²) in [6.07, 6.45) is 0. The molecular formula is C15H9BrCl2N2O3S. The minimum absolute atomic E-state index is 0.0686. The van der Waals surface area contributed by atoms with E-state index in [1.807, 2.05) is 0 Å². The van der Waals surface area contributed by atoms with Gasteiger partial charge in [0.05, 0.1) is 21.8 Å². The van der Waals surface area contributed by atoms with Gasteiger partial charge in [-0.25, -0.2) is 4.79 Å². The van der Waals surface area contributed by atoms with E-state index in [4.69, 9.17) is 35.4 Å². The van der Waals surface area contributed by atoms with Crippen molar-refractivity contribution in [3.05, 3.63) is 62.0 Å². The highest BCUT2D eigenvalue weighted by atomic mass is 79.9. The van der Waals surface area contributed by atoms with Crippen molar-refractivity contribution in [2.24, 2.45) is 0 Å². The largest absolute Gasteiger partial charge is 0.478 e. The second-order valence-corrected chi connectivity index (χ2v) is 6.70. The van der Waals surface area contributed by atoms with Gasteiger partial charge in [0.2, 0.25) is 0 Å². The summed E-state index contributed by atoms with van der Waals surface area (Å²) < 4.78 is 0.682. The van der Waals surface area contributed by atoms with Gasteiger partial charge in [0.15, 0.2) is 5.11 Å². The van der Waals surface area contributed by atoms with E-state index in [0.717, 1.165) is 0 Å². The van der Waals surface area contributed by atoms with Gasteiger partial charge < -0.3 is 10.4 Å². The molecule has 0 aliphatic rings. The fourth-order valence-electron chi connectivity index (χ4n) is 1.80. The van der Waals surface area contributed by atoms with E-state index in [-0.39, 0.29) is 32.0 Å². The number of amides is 1. The summed E-state index contributed by atoms with van der Waals surface area (Å²) in [6.45, 7) is 0. The molecule has 0 heterocycles. The van der Waals surface area contributed by atoms with Crippen LogP contribution in [0.4, 0.5) is 5.69 Å². The molecule has 0 unspecified atom stereocenters. The molecule has 5 nitrogen and oxygen atoms in total. The molecule has 0 aliphatic heterocycles. The lowest BCUT2D eigenvalue weighted by atomic mass is 10.2. The Hall–Kier alpha value is -1.67. The molecule has 2 aromatic carbocycles. The SMILES string of the molecule is O=C(NC(=S)Nc1ccc(Cl)cc1C(=O)O)c1cc(Br)ccc1Cl. The highest BCUT2D eigenvalue weighted by Crippen LogP contribution is 2.22. The smallest absolute Gasteiger partial charge is 0.337 e. The maximum Gasteiger partial charge on any atom is 0.337 e. The van der Waals surface area contributed by atoms with Crippen LogP contribution < -0.4 is 10.6 Å². The molecule has 0 bridgehead atoms. The molecule has 0 aromatic heterocycles. The molecule has 24 heavy (non-hydrogen) atoms. The summed E-state index contributed by atoms with van der Waals surface area (Å²) in [5.41, 5.74) is 0.363. The van der Waals surface area contributed by atoms with E-state index in [1.54, 1.807) is 18.2 Å². The van der Waals surface area contributed by atoms with Gasteiger partial charge >= 0.3 is 5.97 Å². The number of aromatic carboxylic acids is 1. The number of carboxylic acid groups (broad SMARTS) is 1. The van der Waals surface area contributed by atoms with E-state index in [1.165, 1.54) is 18.2 Å². The first-order valence-electron chi connectivity index (χ1n) is 6.38. The Morgan fingerprint density at radius 1 is 1.08 bits per heavy atom. The van der Waals surface area contributed by atoms with Crippen LogP contribution >= 0.6 is 51.3 Å². The van der Waals surface area contributed by atoms with E-state index in [2.05, 4.69) is 26.6 Å². The summed E-state index contributed by atoms with van der Waals surface area (Å²) in [5, 5.41) is 14.7. The van der Waals surface area contributed by atoms with Crippen molar-refractivity contribution >= 4 is 74.0 Å². The summed E-state index contributed by atoms with van der Waals surface area (Å²) in [7, 11) is 0. The van der Waals surface area contributed by atoms with Crippen LogP contribution in [-0.2, 0) is 0 Å². The number of hydrogen-bond donors (Lipinski definition) is 3. The fraction of sp³-hybridized carbons (Fsp3) is 0. The van der Waals surface area contributed by atoms with E-state index in [9.17, 15) is 14.7 Å². The third kappa shape index (κ3) is 4.67. The minimum Gasteiger partial charge on any atom is -0.478 e. The lowest BCUT2D eigenvalue weighted by Crippen LogP contribution is -2.34. The molecule has 0 atom stereocenters. The Bertz CT molecular complexity index is 845. The van der Waals surface area contributed by atoms with E-state index >= 15 is 0 Å². The van der Waals surface area contributed by atoms with Crippen molar-refractivity contribution in [2.45, 2.75) is 0 Å². The average molecular weight is 448 g/mol. The van der Waals surface area contributed by atoms with Crippen molar-refractivity contribution in [1.82, 2.24) is 5.32 Å². The summed E-state index contributed by atoms with van der Waals surface area (Å²) in [6, 6.07) is 9.05. The van der Waals surface area contributed by atoms with Crippen molar-refractivity contribution in [1.29, 1.82) is 0 Å². The first-order valence-corrected chi connectivity index (χ1v) is 8.34. The third-order valence-electron chi connectivity index (χ3n) is 2.86. The number of anilines is 1. The van der Waals surface area contributed by atoms with Crippen LogP contribution in [0, 0.1) is 0 Å². The molecular weight excluding hydrogens is 439 g/mol. The minimum atomic E-state index is -1.18. The molecule has 0 radical (unpaired) electrons. The van der Waals surface area contributed by atoms with Crippen molar-refractivity contribution in [3.63, 3.8) is 0 Å². The monoisotopic (exact) mass is 446 g/mol. The van der Waals surface area contributed by atoms with Crippen LogP contribution in [0.3, 0.4) is 0 Å². The number of thiocarbonyl (C=S) groups is 1. The van der Waals surface area contributed by atoms with Gasteiger partial charge in [-0.1, -0.05) is 39.1 Å². The molecule has 2 aromatic rings. The Balaban J connectivity index is 2.15. The molecule has 2 rings (SSSR count). The van der Waals surface area contributed by atoms with Crippen LogP contribution in [-0.4, -0.2) is 22.1 Å². The second kappa shape index (κ2) is 7.94. The molecule has 0 saturated carbocycles. The topological polar surface area (TPSA) is 78.4 Å². The quantitative estimate of drug-likeness (QED) is 0.600. The molecule has 3 N–H and O–H groups in total. The Labute approximate surface area is 161 Å². The van der Waals surface area contributed by atoms with Crippen LogP contribution in [0.5, 0.6) is 0 Å². The van der Waals surface area contributed by atoms with Crippen molar-refractivity contribution < 1.29 is 14.7 Å². The van der Waals surface area contributed by atoms with Crippen LogP contribution in [0.15, 0.2) is 40.9 Å². The Morgan fingerprint density at radius 2 is 1.79 bits per heavy atom. The second-order valence-electron chi connectivity index (χ2n) is 4.53. The van der Waals surface area contributed by atoms with Gasteiger partial charge in [-0.15, -0.1) is 0 Å². The first kappa shape index (κ1) is 18.7. The number of nitrogens with one attached hydrogen (secondary N) is 2. The highest BCUT2D eigenvalue weighted by Gasteiger charge is 2.15. The Kier molecular flexibility index (Phi) is 6.17. The highest BCUT2D eigenvalue weighted by molar-refractivity contribution is 9.10. The zero-order valence-electron chi connectivity index (χ0n) is 11.8. The fourth-order valence-corrected chi connectivity index (χ4v) is 2.74. The predicted octanol–water partition coefficient (Wildman–Crippen LogP) is 4.58. The number of hydrogen-bond acceptors (Lipinski definition) is 3. The lowest BCUT2D eigenvalue weighted by molar-refractivity contribution is 0.0698. The standard InChI is InChI=1S/C15H9BrCl2N2O3S/c16-7-1-3-11(18)9(5-7)13(21)20-15(24)19-12-4-2-8(17)6-10(12)14(22)23/h1-6H,(H,22,23)(H2,19,20,21,24). The molecule has 9 heteroatoms. The van der Waals surface area contributed by atoms with Gasteiger partial charge in [0.1, 0.15) is 0 Å². The van der Waals surface area contributed by atoms with Gasteiger partial charge in [0, 0.05) is 9.50 Å². The van der Waals surface area contributed by atoms with E-state index < -0.39 is 11.9 Å². The van der Waals surface area contributed by atoms with Crippen LogP contribution in [0.2, 0.25) is 10.0 Å². The number of benzene rings is 2. The molecule has 0 aliphatic carbocycles. The van der Waals surface area contributed by atoms with Gasteiger partial charge in [0.25, 0.3) is 5.91 Å². The van der Waals surface area contributed by atoms with Gasteiger partial charge in [-0.2, -0.15) is 0 Å². The van der Waals surface area contributed by atoms with Crippen LogP contribution in [0.1, 0.15) is 20.7 Å². The number of carbonyl (C=O) groups excluding carboxylic acids is 1. The zero-order valence-corrected chi connectivity index (χ0v) is 15.7. The lowest BCUT2D eigenvalue weighted by Gasteiger charge is -2.12. The van der Waals surface area contributed by atoms with E-state index in [0.29, 0.717) is 4.47 Å². The molecule has 0 saturated heterocycles. The number of carboxylic acids is 1. The molecule has 124 valence electrons. The summed E-state index contributed by atoms with van der Waals surface area (Å²) in [4.78, 5) is 23.4. The normalized spacial score (nSPS) is 10.1. The van der Waals surface area contributed by atoms with Crippen LogP contribution in [0.25, 0.3) is 0 Å². The molecule has 0 spiro atoms.